The third kappa shape index (κ3) is 2.70. The van der Waals surface area contributed by atoms with Crippen molar-refractivity contribution in [3.63, 3.8) is 0 Å². The Morgan fingerprint density at radius 1 is 1.05 bits per heavy atom. The van der Waals surface area contributed by atoms with Gasteiger partial charge in [-0.2, -0.15) is 0 Å². The van der Waals surface area contributed by atoms with E-state index in [4.69, 9.17) is 16.3 Å². The number of carbonyl (C=O) groups is 1. The molecule has 0 fully saturated rings. The van der Waals surface area contributed by atoms with Crippen molar-refractivity contribution in [3.8, 4) is 5.75 Å². The van der Waals surface area contributed by atoms with E-state index in [1.165, 1.54) is 0 Å². The third-order valence-corrected chi connectivity index (χ3v) is 3.73. The Morgan fingerprint density at radius 3 is 2.35 bits per heavy atom. The fraction of sp³-hybridized carbons (Fsp3) is 0.235. The first-order valence-electron chi connectivity index (χ1n) is 6.40. The maximum atomic E-state index is 12.7. The minimum Gasteiger partial charge on any atom is -0.496 e. The van der Waals surface area contributed by atoms with Crippen molar-refractivity contribution in [2.24, 2.45) is 0 Å². The summed E-state index contributed by atoms with van der Waals surface area (Å²) in [6.45, 7) is 5.79. The van der Waals surface area contributed by atoms with Crippen LogP contribution < -0.4 is 4.74 Å². The van der Waals surface area contributed by atoms with Gasteiger partial charge in [0.2, 0.25) is 0 Å². The molecule has 0 spiro atoms. The number of halogens is 1. The lowest BCUT2D eigenvalue weighted by Gasteiger charge is -2.12. The molecule has 0 heterocycles. The Labute approximate surface area is 124 Å². The maximum absolute atomic E-state index is 12.7. The SMILES string of the molecule is COc1cc(C)cc(C)c1C(=O)c1ccc(Cl)c(C)c1. The molecular formula is C17H17ClO2. The number of aryl methyl sites for hydroxylation is 3. The molecule has 0 amide bonds. The van der Waals surface area contributed by atoms with Crippen LogP contribution in [-0.2, 0) is 0 Å². The van der Waals surface area contributed by atoms with Gasteiger partial charge in [-0.3, -0.25) is 4.79 Å². The molecule has 2 rings (SSSR count). The molecule has 0 bridgehead atoms. The Morgan fingerprint density at radius 2 is 1.75 bits per heavy atom. The van der Waals surface area contributed by atoms with Crippen molar-refractivity contribution < 1.29 is 9.53 Å². The Bertz CT molecular complexity index is 675. The predicted octanol–water partition coefficient (Wildman–Crippen LogP) is 4.50. The molecule has 0 atom stereocenters. The predicted molar refractivity (Wildman–Crippen MR) is 82.1 cm³/mol. The van der Waals surface area contributed by atoms with E-state index in [0.717, 1.165) is 16.7 Å². The van der Waals surface area contributed by atoms with Gasteiger partial charge in [0, 0.05) is 10.6 Å². The van der Waals surface area contributed by atoms with E-state index in [0.29, 0.717) is 21.9 Å². The lowest BCUT2D eigenvalue weighted by Crippen LogP contribution is -2.07. The molecule has 0 saturated carbocycles. The molecule has 2 nitrogen and oxygen atoms in total. The van der Waals surface area contributed by atoms with Gasteiger partial charge >= 0.3 is 0 Å². The number of ketones is 1. The molecule has 20 heavy (non-hydrogen) atoms. The molecule has 0 N–H and O–H groups in total. The number of rotatable bonds is 3. The Balaban J connectivity index is 2.55. The quantitative estimate of drug-likeness (QED) is 0.777. The van der Waals surface area contributed by atoms with Crippen LogP contribution in [0.5, 0.6) is 5.75 Å². The van der Waals surface area contributed by atoms with E-state index in [9.17, 15) is 4.79 Å². The van der Waals surface area contributed by atoms with Crippen LogP contribution in [-0.4, -0.2) is 12.9 Å². The van der Waals surface area contributed by atoms with Crippen molar-refractivity contribution in [1.82, 2.24) is 0 Å². The summed E-state index contributed by atoms with van der Waals surface area (Å²) < 4.78 is 5.36. The van der Waals surface area contributed by atoms with Gasteiger partial charge in [-0.15, -0.1) is 0 Å². The van der Waals surface area contributed by atoms with Gasteiger partial charge in [-0.25, -0.2) is 0 Å². The van der Waals surface area contributed by atoms with Crippen LogP contribution >= 0.6 is 11.6 Å². The van der Waals surface area contributed by atoms with E-state index in [1.807, 2.05) is 39.0 Å². The highest BCUT2D eigenvalue weighted by Gasteiger charge is 2.18. The van der Waals surface area contributed by atoms with Gasteiger partial charge in [-0.1, -0.05) is 17.7 Å². The average Bonchev–Trinajstić information content (AvgIpc) is 2.40. The highest BCUT2D eigenvalue weighted by atomic mass is 35.5. The first-order chi connectivity index (χ1) is 9.43. The van der Waals surface area contributed by atoms with E-state index in [2.05, 4.69) is 0 Å². The third-order valence-electron chi connectivity index (χ3n) is 3.31. The second-order valence-electron chi connectivity index (χ2n) is 4.95. The van der Waals surface area contributed by atoms with Crippen molar-refractivity contribution >= 4 is 17.4 Å². The molecule has 0 unspecified atom stereocenters. The van der Waals surface area contributed by atoms with Crippen LogP contribution in [0.25, 0.3) is 0 Å². The molecule has 0 aliphatic heterocycles. The van der Waals surface area contributed by atoms with Crippen LogP contribution in [0, 0.1) is 20.8 Å². The fourth-order valence-electron chi connectivity index (χ4n) is 2.31. The van der Waals surface area contributed by atoms with Gasteiger partial charge in [-0.05, 0) is 61.7 Å². The van der Waals surface area contributed by atoms with Crippen molar-refractivity contribution in [2.45, 2.75) is 20.8 Å². The molecule has 0 aliphatic rings. The first kappa shape index (κ1) is 14.6. The summed E-state index contributed by atoms with van der Waals surface area (Å²) in [6, 6.07) is 9.17. The van der Waals surface area contributed by atoms with Gasteiger partial charge in [0.1, 0.15) is 5.75 Å². The summed E-state index contributed by atoms with van der Waals surface area (Å²) >= 11 is 6.01. The molecule has 104 valence electrons. The van der Waals surface area contributed by atoms with E-state index in [-0.39, 0.29) is 5.78 Å². The lowest BCUT2D eigenvalue weighted by molar-refractivity contribution is 0.103. The highest BCUT2D eigenvalue weighted by Crippen LogP contribution is 2.28. The first-order valence-corrected chi connectivity index (χ1v) is 6.78. The summed E-state index contributed by atoms with van der Waals surface area (Å²) in [5.41, 5.74) is 4.11. The molecule has 0 aliphatic carbocycles. The minimum absolute atomic E-state index is 0.0425. The average molecular weight is 289 g/mol. The minimum atomic E-state index is -0.0425. The molecule has 0 aromatic heterocycles. The largest absolute Gasteiger partial charge is 0.496 e. The molecule has 0 saturated heterocycles. The summed E-state index contributed by atoms with van der Waals surface area (Å²) in [5, 5.41) is 0.661. The Hall–Kier alpha value is -1.80. The van der Waals surface area contributed by atoms with E-state index >= 15 is 0 Å². The normalized spacial score (nSPS) is 10.4. The van der Waals surface area contributed by atoms with Crippen molar-refractivity contribution in [2.75, 3.05) is 7.11 Å². The van der Waals surface area contributed by atoms with Crippen molar-refractivity contribution in [1.29, 1.82) is 0 Å². The topological polar surface area (TPSA) is 26.3 Å². The smallest absolute Gasteiger partial charge is 0.197 e. The van der Waals surface area contributed by atoms with Crippen LogP contribution in [0.1, 0.15) is 32.6 Å². The number of ether oxygens (including phenoxy) is 1. The molecule has 3 heteroatoms. The van der Waals surface area contributed by atoms with Crippen LogP contribution in [0.4, 0.5) is 0 Å². The number of carbonyl (C=O) groups excluding carboxylic acids is 1. The monoisotopic (exact) mass is 288 g/mol. The van der Waals surface area contributed by atoms with Gasteiger partial charge in [0.05, 0.1) is 12.7 Å². The van der Waals surface area contributed by atoms with Crippen LogP contribution in [0.15, 0.2) is 30.3 Å². The lowest BCUT2D eigenvalue weighted by atomic mass is 9.95. The zero-order chi connectivity index (χ0) is 14.9. The second kappa shape index (κ2) is 5.68. The number of benzene rings is 2. The molecule has 2 aromatic carbocycles. The Kier molecular flexibility index (Phi) is 4.15. The van der Waals surface area contributed by atoms with Crippen LogP contribution in [0.3, 0.4) is 0 Å². The van der Waals surface area contributed by atoms with Gasteiger partial charge in [0.25, 0.3) is 0 Å². The van der Waals surface area contributed by atoms with Gasteiger partial charge in [0.15, 0.2) is 5.78 Å². The van der Waals surface area contributed by atoms with E-state index in [1.54, 1.807) is 19.2 Å². The summed E-state index contributed by atoms with van der Waals surface area (Å²) in [4.78, 5) is 12.7. The number of methoxy groups -OCH3 is 1. The number of hydrogen-bond donors (Lipinski definition) is 0. The van der Waals surface area contributed by atoms with Crippen LogP contribution in [0.2, 0.25) is 5.02 Å². The van der Waals surface area contributed by atoms with Gasteiger partial charge < -0.3 is 4.74 Å². The maximum Gasteiger partial charge on any atom is 0.197 e. The molecule has 0 radical (unpaired) electrons. The van der Waals surface area contributed by atoms with Crippen molar-refractivity contribution in [3.05, 3.63) is 63.2 Å². The highest BCUT2D eigenvalue weighted by molar-refractivity contribution is 6.31. The summed E-state index contributed by atoms with van der Waals surface area (Å²) in [7, 11) is 1.58. The van der Waals surface area contributed by atoms with E-state index < -0.39 is 0 Å². The standard InChI is InChI=1S/C17H17ClO2/c1-10-7-12(3)16(15(8-10)20-4)17(19)13-5-6-14(18)11(2)9-13/h5-9H,1-4H3. The fourth-order valence-corrected chi connectivity index (χ4v) is 2.43. The zero-order valence-electron chi connectivity index (χ0n) is 12.1. The zero-order valence-corrected chi connectivity index (χ0v) is 12.8. The molecule has 2 aromatic rings. The molecular weight excluding hydrogens is 272 g/mol. The summed E-state index contributed by atoms with van der Waals surface area (Å²) in [6.07, 6.45) is 0. The number of hydrogen-bond acceptors (Lipinski definition) is 2. The summed E-state index contributed by atoms with van der Waals surface area (Å²) in [5.74, 6) is 0.569. The second-order valence-corrected chi connectivity index (χ2v) is 5.36.